The highest BCUT2D eigenvalue weighted by Crippen LogP contribution is 2.40. The van der Waals surface area contributed by atoms with Crippen molar-refractivity contribution in [2.45, 2.75) is 49.7 Å². The molecule has 0 unspecified atom stereocenters. The maximum atomic E-state index is 13.4. The molecule has 1 aromatic carbocycles. The van der Waals surface area contributed by atoms with Crippen LogP contribution in [0.5, 0.6) is 0 Å². The summed E-state index contributed by atoms with van der Waals surface area (Å²) in [7, 11) is 0. The Labute approximate surface area is 144 Å². The van der Waals surface area contributed by atoms with Gasteiger partial charge in [0.1, 0.15) is 11.9 Å². The van der Waals surface area contributed by atoms with Crippen molar-refractivity contribution in [3.8, 4) is 0 Å². The third kappa shape index (κ3) is 3.82. The lowest BCUT2D eigenvalue weighted by molar-refractivity contribution is -0.181. The first-order chi connectivity index (χ1) is 11.8. The molecule has 0 bridgehead atoms. The fraction of sp³-hybridized carbons (Fsp3) is 0.611. The van der Waals surface area contributed by atoms with Crippen LogP contribution in [0.2, 0.25) is 0 Å². The number of carbonyl (C=O) groups excluding carboxylic acids is 1. The summed E-state index contributed by atoms with van der Waals surface area (Å²) in [6.45, 7) is 1.26. The van der Waals surface area contributed by atoms with Gasteiger partial charge < -0.3 is 15.2 Å². The van der Waals surface area contributed by atoms with Crippen molar-refractivity contribution >= 4 is 5.97 Å². The summed E-state index contributed by atoms with van der Waals surface area (Å²) in [5.74, 6) is -4.67. The number of esters is 1. The molecular weight excluding hydrogens is 335 g/mol. The standard InChI is InChI=1S/C18H22F3NO3/c19-14-3-1-12(2-4-14)18(24,13-6-9-22-10-7-13)16(23)25-15-5-8-17(20,21)11-15/h1-4,13,15,22,24H,5-11H2/t15-,18+/m1/s1. The topological polar surface area (TPSA) is 58.6 Å². The Kier molecular flexibility index (Phi) is 5.06. The van der Waals surface area contributed by atoms with Crippen molar-refractivity contribution in [3.05, 3.63) is 35.6 Å². The van der Waals surface area contributed by atoms with E-state index in [0.29, 0.717) is 25.9 Å². The van der Waals surface area contributed by atoms with E-state index in [2.05, 4.69) is 5.32 Å². The summed E-state index contributed by atoms with van der Waals surface area (Å²) in [6, 6.07) is 5.03. The molecule has 25 heavy (non-hydrogen) atoms. The predicted molar refractivity (Wildman–Crippen MR) is 84.6 cm³/mol. The second kappa shape index (κ2) is 6.96. The molecule has 0 spiro atoms. The third-order valence-corrected chi connectivity index (χ3v) is 5.16. The average Bonchev–Trinajstić information content (AvgIpc) is 2.94. The molecule has 2 N–H and O–H groups in total. The van der Waals surface area contributed by atoms with E-state index < -0.39 is 41.8 Å². The van der Waals surface area contributed by atoms with Crippen LogP contribution in [0.15, 0.2) is 24.3 Å². The minimum atomic E-state index is -2.84. The van der Waals surface area contributed by atoms with Crippen molar-refractivity contribution in [2.24, 2.45) is 5.92 Å². The smallest absolute Gasteiger partial charge is 0.343 e. The van der Waals surface area contributed by atoms with Gasteiger partial charge in [-0.1, -0.05) is 12.1 Å². The Morgan fingerprint density at radius 2 is 1.84 bits per heavy atom. The number of hydrogen-bond acceptors (Lipinski definition) is 4. The summed E-state index contributed by atoms with van der Waals surface area (Å²) in [5, 5.41) is 14.4. The van der Waals surface area contributed by atoms with E-state index in [1.807, 2.05) is 0 Å². The molecule has 0 amide bonds. The molecule has 0 radical (unpaired) electrons. The SMILES string of the molecule is O=C(O[C@@H]1CCC(F)(F)C1)[C@](O)(c1ccc(F)cc1)C1CCNCC1. The van der Waals surface area contributed by atoms with Crippen molar-refractivity contribution < 1.29 is 27.8 Å². The highest BCUT2D eigenvalue weighted by Gasteiger charge is 2.49. The number of carbonyl (C=O) groups is 1. The quantitative estimate of drug-likeness (QED) is 0.814. The summed E-state index contributed by atoms with van der Waals surface area (Å²) >= 11 is 0. The molecule has 2 fully saturated rings. The largest absolute Gasteiger partial charge is 0.460 e. The molecule has 1 aliphatic carbocycles. The van der Waals surface area contributed by atoms with Gasteiger partial charge in [-0.15, -0.1) is 0 Å². The Bertz CT molecular complexity index is 616. The van der Waals surface area contributed by atoms with Gasteiger partial charge in [-0.25, -0.2) is 18.0 Å². The van der Waals surface area contributed by atoms with Crippen molar-refractivity contribution in [1.29, 1.82) is 0 Å². The number of nitrogens with one attached hydrogen (secondary N) is 1. The van der Waals surface area contributed by atoms with E-state index in [9.17, 15) is 23.1 Å². The van der Waals surface area contributed by atoms with Crippen LogP contribution in [0, 0.1) is 11.7 Å². The number of ether oxygens (including phenoxy) is 1. The Balaban J connectivity index is 1.85. The monoisotopic (exact) mass is 357 g/mol. The zero-order valence-electron chi connectivity index (χ0n) is 13.8. The third-order valence-electron chi connectivity index (χ3n) is 5.16. The zero-order chi connectivity index (χ0) is 18.1. The van der Waals surface area contributed by atoms with Crippen LogP contribution in [-0.2, 0) is 15.1 Å². The maximum Gasteiger partial charge on any atom is 0.343 e. The molecule has 138 valence electrons. The number of alkyl halides is 2. The lowest BCUT2D eigenvalue weighted by Gasteiger charge is -2.37. The molecule has 0 aromatic heterocycles. The van der Waals surface area contributed by atoms with Gasteiger partial charge >= 0.3 is 5.97 Å². The number of benzene rings is 1. The van der Waals surface area contributed by atoms with Gasteiger partial charge in [-0.3, -0.25) is 0 Å². The van der Waals surface area contributed by atoms with Crippen LogP contribution in [0.3, 0.4) is 0 Å². The van der Waals surface area contributed by atoms with E-state index in [-0.39, 0.29) is 18.4 Å². The molecule has 1 aliphatic heterocycles. The van der Waals surface area contributed by atoms with E-state index in [4.69, 9.17) is 4.74 Å². The van der Waals surface area contributed by atoms with Gasteiger partial charge in [0.05, 0.1) is 0 Å². The van der Waals surface area contributed by atoms with Gasteiger partial charge in [0.2, 0.25) is 0 Å². The van der Waals surface area contributed by atoms with Crippen LogP contribution in [0.25, 0.3) is 0 Å². The van der Waals surface area contributed by atoms with Crippen molar-refractivity contribution in [3.63, 3.8) is 0 Å². The average molecular weight is 357 g/mol. The molecule has 1 saturated heterocycles. The fourth-order valence-corrected chi connectivity index (χ4v) is 3.72. The Hall–Kier alpha value is -1.60. The first kappa shape index (κ1) is 18.2. The van der Waals surface area contributed by atoms with E-state index >= 15 is 0 Å². The normalized spacial score (nSPS) is 26.2. The molecular formula is C18H22F3NO3. The minimum absolute atomic E-state index is 0.0739. The highest BCUT2D eigenvalue weighted by atomic mass is 19.3. The molecule has 3 rings (SSSR count). The van der Waals surface area contributed by atoms with Crippen LogP contribution >= 0.6 is 0 Å². The van der Waals surface area contributed by atoms with Gasteiger partial charge in [-0.05, 0) is 50.0 Å². The van der Waals surface area contributed by atoms with E-state index in [1.165, 1.54) is 24.3 Å². The number of aliphatic hydroxyl groups is 1. The van der Waals surface area contributed by atoms with Crippen molar-refractivity contribution in [1.82, 2.24) is 5.32 Å². The second-order valence-electron chi connectivity index (χ2n) is 6.92. The summed E-state index contributed by atoms with van der Waals surface area (Å²) in [6.07, 6.45) is -0.619. The fourth-order valence-electron chi connectivity index (χ4n) is 3.72. The number of rotatable bonds is 4. The predicted octanol–water partition coefficient (Wildman–Crippen LogP) is 2.74. The van der Waals surface area contributed by atoms with E-state index in [0.717, 1.165) is 0 Å². The Morgan fingerprint density at radius 1 is 1.20 bits per heavy atom. The molecule has 7 heteroatoms. The summed E-state index contributed by atoms with van der Waals surface area (Å²) in [5.41, 5.74) is -1.73. The van der Waals surface area contributed by atoms with Gasteiger partial charge in [0.25, 0.3) is 5.92 Å². The highest BCUT2D eigenvalue weighted by molar-refractivity contribution is 5.81. The number of piperidine rings is 1. The lowest BCUT2D eigenvalue weighted by atomic mass is 9.76. The zero-order valence-corrected chi connectivity index (χ0v) is 13.8. The molecule has 1 aromatic rings. The van der Waals surface area contributed by atoms with Crippen LogP contribution < -0.4 is 5.32 Å². The van der Waals surface area contributed by atoms with Gasteiger partial charge in [-0.2, -0.15) is 0 Å². The van der Waals surface area contributed by atoms with Crippen molar-refractivity contribution in [2.75, 3.05) is 13.1 Å². The van der Waals surface area contributed by atoms with Crippen LogP contribution in [-0.4, -0.2) is 36.2 Å². The Morgan fingerprint density at radius 3 is 2.40 bits per heavy atom. The van der Waals surface area contributed by atoms with E-state index in [1.54, 1.807) is 0 Å². The van der Waals surface area contributed by atoms with Crippen LogP contribution in [0.4, 0.5) is 13.2 Å². The first-order valence-electron chi connectivity index (χ1n) is 8.59. The molecule has 2 atom stereocenters. The first-order valence-corrected chi connectivity index (χ1v) is 8.59. The minimum Gasteiger partial charge on any atom is -0.460 e. The van der Waals surface area contributed by atoms with Gasteiger partial charge in [0, 0.05) is 18.8 Å². The number of hydrogen-bond donors (Lipinski definition) is 2. The molecule has 2 aliphatic rings. The number of halogens is 3. The maximum absolute atomic E-state index is 13.4. The van der Waals surface area contributed by atoms with Gasteiger partial charge in [0.15, 0.2) is 5.60 Å². The van der Waals surface area contributed by atoms with Crippen LogP contribution in [0.1, 0.15) is 37.7 Å². The lowest BCUT2D eigenvalue weighted by Crippen LogP contribution is -2.49. The second-order valence-corrected chi connectivity index (χ2v) is 6.92. The molecule has 4 nitrogen and oxygen atoms in total. The summed E-state index contributed by atoms with van der Waals surface area (Å²) < 4.78 is 45.2. The molecule has 1 heterocycles. The molecule has 1 saturated carbocycles. The summed E-state index contributed by atoms with van der Waals surface area (Å²) in [4.78, 5) is 12.8.